The third-order valence-electron chi connectivity index (χ3n) is 5.33. The number of rotatable bonds is 3. The van der Waals surface area contributed by atoms with Gasteiger partial charge in [-0.05, 0) is 65.2 Å². The molecule has 0 aromatic carbocycles. The number of carbonyl (C=O) groups is 2. The zero-order valence-corrected chi connectivity index (χ0v) is 16.7. The van der Waals surface area contributed by atoms with Gasteiger partial charge in [-0.15, -0.1) is 0 Å². The lowest BCUT2D eigenvalue weighted by Crippen LogP contribution is -2.17. The molecular weight excluding hydrogens is 308 g/mol. The van der Waals surface area contributed by atoms with Crippen LogP contribution in [0.15, 0.2) is 23.8 Å². The highest BCUT2D eigenvalue weighted by molar-refractivity contribution is 5.83. The molecular formula is C23H38O2. The van der Waals surface area contributed by atoms with Crippen LogP contribution in [0, 0.1) is 11.8 Å². The van der Waals surface area contributed by atoms with Gasteiger partial charge in [-0.1, -0.05) is 43.6 Å². The normalized spacial score (nSPS) is 26.2. The average molecular weight is 347 g/mol. The number of hydrogen-bond donors (Lipinski definition) is 0. The first-order valence-electron chi connectivity index (χ1n) is 10.4. The first-order valence-corrected chi connectivity index (χ1v) is 10.4. The Labute approximate surface area is 155 Å². The Hall–Kier alpha value is -1.18. The Morgan fingerprint density at radius 1 is 0.920 bits per heavy atom. The van der Waals surface area contributed by atoms with Gasteiger partial charge in [-0.25, -0.2) is 0 Å². The lowest BCUT2D eigenvalue weighted by molar-refractivity contribution is -0.124. The molecule has 2 atom stereocenters. The molecule has 1 rings (SSSR count). The highest BCUT2D eigenvalue weighted by atomic mass is 16.1. The molecule has 0 fully saturated rings. The summed E-state index contributed by atoms with van der Waals surface area (Å²) in [6.45, 7) is 6.29. The molecule has 25 heavy (non-hydrogen) atoms. The van der Waals surface area contributed by atoms with Gasteiger partial charge >= 0.3 is 0 Å². The van der Waals surface area contributed by atoms with E-state index in [2.05, 4.69) is 39.0 Å². The highest BCUT2D eigenvalue weighted by Gasteiger charge is 2.19. The van der Waals surface area contributed by atoms with E-state index >= 15 is 0 Å². The summed E-state index contributed by atoms with van der Waals surface area (Å²) in [7, 11) is 0. The van der Waals surface area contributed by atoms with Gasteiger partial charge in [0.2, 0.25) is 0 Å². The molecule has 0 radical (unpaired) electrons. The van der Waals surface area contributed by atoms with Crippen molar-refractivity contribution in [2.24, 2.45) is 11.8 Å². The molecule has 0 aliphatic heterocycles. The summed E-state index contributed by atoms with van der Waals surface area (Å²) in [5.74, 6) is 1.05. The Bertz CT molecular complexity index is 455. The van der Waals surface area contributed by atoms with E-state index < -0.39 is 0 Å². The lowest BCUT2D eigenvalue weighted by Gasteiger charge is -2.16. The maximum absolute atomic E-state index is 12.6. The zero-order valence-electron chi connectivity index (χ0n) is 16.7. The maximum Gasteiger partial charge on any atom is 0.136 e. The molecule has 142 valence electrons. The Kier molecular flexibility index (Phi) is 11.4. The van der Waals surface area contributed by atoms with Crippen LogP contribution in [0.1, 0.15) is 97.8 Å². The Morgan fingerprint density at radius 3 is 2.28 bits per heavy atom. The second kappa shape index (κ2) is 13.1. The van der Waals surface area contributed by atoms with Crippen molar-refractivity contribution in [2.75, 3.05) is 0 Å². The van der Waals surface area contributed by atoms with Crippen LogP contribution in [0.3, 0.4) is 0 Å². The smallest absolute Gasteiger partial charge is 0.136 e. The first-order chi connectivity index (χ1) is 12.0. The van der Waals surface area contributed by atoms with E-state index in [4.69, 9.17) is 0 Å². The van der Waals surface area contributed by atoms with Crippen LogP contribution in [-0.2, 0) is 9.59 Å². The van der Waals surface area contributed by atoms with Gasteiger partial charge < -0.3 is 0 Å². The molecule has 0 N–H and O–H groups in total. The number of hydrogen-bond acceptors (Lipinski definition) is 2. The van der Waals surface area contributed by atoms with Gasteiger partial charge in [0.15, 0.2) is 0 Å². The van der Waals surface area contributed by atoms with E-state index in [1.807, 2.05) is 0 Å². The van der Waals surface area contributed by atoms with Crippen molar-refractivity contribution in [1.29, 1.82) is 0 Å². The number of allylic oxidation sites excluding steroid dienone is 4. The summed E-state index contributed by atoms with van der Waals surface area (Å²) in [5.41, 5.74) is 1.28. The number of ketones is 2. The summed E-state index contributed by atoms with van der Waals surface area (Å²) < 4.78 is 0. The Balaban J connectivity index is 2.67. The van der Waals surface area contributed by atoms with E-state index in [9.17, 15) is 9.59 Å². The minimum Gasteiger partial charge on any atom is -0.299 e. The minimum atomic E-state index is 0.149. The van der Waals surface area contributed by atoms with Crippen molar-refractivity contribution in [1.82, 2.24) is 0 Å². The molecule has 0 saturated heterocycles. The van der Waals surface area contributed by atoms with Crippen LogP contribution < -0.4 is 0 Å². The van der Waals surface area contributed by atoms with E-state index in [1.165, 1.54) is 18.4 Å². The third kappa shape index (κ3) is 9.77. The summed E-state index contributed by atoms with van der Waals surface area (Å²) in [5, 5.41) is 0. The van der Waals surface area contributed by atoms with Crippen molar-refractivity contribution >= 4 is 11.6 Å². The minimum absolute atomic E-state index is 0.149. The van der Waals surface area contributed by atoms with Crippen LogP contribution in [0.4, 0.5) is 0 Å². The summed E-state index contributed by atoms with van der Waals surface area (Å²) in [6, 6.07) is 0. The van der Waals surface area contributed by atoms with Crippen molar-refractivity contribution in [2.45, 2.75) is 97.8 Å². The quantitative estimate of drug-likeness (QED) is 0.540. The van der Waals surface area contributed by atoms with Crippen LogP contribution in [0.2, 0.25) is 0 Å². The average Bonchev–Trinajstić information content (AvgIpc) is 2.57. The topological polar surface area (TPSA) is 34.1 Å². The fourth-order valence-corrected chi connectivity index (χ4v) is 3.59. The SMILES string of the molecule is CCC1CC/C=C/CCCCCC(CC=C(C)C)C(=O)CCCC1=O. The second-order valence-corrected chi connectivity index (χ2v) is 7.79. The monoisotopic (exact) mass is 346 g/mol. The first kappa shape index (κ1) is 21.9. The molecule has 0 saturated carbocycles. The fraction of sp³-hybridized carbons (Fsp3) is 0.739. The summed E-state index contributed by atoms with van der Waals surface area (Å²) in [4.78, 5) is 25.0. The van der Waals surface area contributed by atoms with Crippen molar-refractivity contribution in [3.05, 3.63) is 23.8 Å². The molecule has 0 aromatic rings. The molecule has 0 spiro atoms. The van der Waals surface area contributed by atoms with Gasteiger partial charge in [-0.2, -0.15) is 0 Å². The predicted molar refractivity (Wildman–Crippen MR) is 107 cm³/mol. The van der Waals surface area contributed by atoms with Crippen molar-refractivity contribution in [3.8, 4) is 0 Å². The van der Waals surface area contributed by atoms with E-state index in [1.54, 1.807) is 0 Å². The molecule has 1 aliphatic carbocycles. The Morgan fingerprint density at radius 2 is 1.60 bits per heavy atom. The van der Waals surface area contributed by atoms with E-state index in [-0.39, 0.29) is 11.8 Å². The van der Waals surface area contributed by atoms with Gasteiger partial charge in [0, 0.05) is 24.7 Å². The van der Waals surface area contributed by atoms with Crippen LogP contribution in [-0.4, -0.2) is 11.6 Å². The van der Waals surface area contributed by atoms with Gasteiger partial charge in [0.05, 0.1) is 0 Å². The molecule has 0 heterocycles. The fourth-order valence-electron chi connectivity index (χ4n) is 3.59. The highest BCUT2D eigenvalue weighted by Crippen LogP contribution is 2.22. The summed E-state index contributed by atoms with van der Waals surface area (Å²) >= 11 is 0. The number of carbonyl (C=O) groups excluding carboxylic acids is 2. The molecule has 1 aliphatic rings. The third-order valence-corrected chi connectivity index (χ3v) is 5.33. The van der Waals surface area contributed by atoms with Crippen LogP contribution in [0.5, 0.6) is 0 Å². The van der Waals surface area contributed by atoms with Gasteiger partial charge in [-0.3, -0.25) is 9.59 Å². The van der Waals surface area contributed by atoms with E-state index in [0.717, 1.165) is 51.4 Å². The van der Waals surface area contributed by atoms with E-state index in [0.29, 0.717) is 24.4 Å². The molecule has 2 nitrogen and oxygen atoms in total. The molecule has 2 unspecified atom stereocenters. The largest absolute Gasteiger partial charge is 0.299 e. The van der Waals surface area contributed by atoms with Crippen molar-refractivity contribution in [3.63, 3.8) is 0 Å². The van der Waals surface area contributed by atoms with Crippen molar-refractivity contribution < 1.29 is 9.59 Å². The maximum atomic E-state index is 12.6. The zero-order chi connectivity index (χ0) is 18.5. The summed E-state index contributed by atoms with van der Waals surface area (Å²) in [6.07, 6.45) is 18.0. The molecule has 0 amide bonds. The van der Waals surface area contributed by atoms with Crippen LogP contribution >= 0.6 is 0 Å². The van der Waals surface area contributed by atoms with Gasteiger partial charge in [0.25, 0.3) is 0 Å². The predicted octanol–water partition coefficient (Wildman–Crippen LogP) is 6.59. The standard InChI is InChI=1S/C23H38O2/c1-4-20-13-10-8-6-5-7-9-11-14-21(18-17-19(2)3)23(25)16-12-15-22(20)24/h6,8,17,20-21H,4-5,7,9-16,18H2,1-3H3/b8-6+. The number of Topliss-reactive ketones (excluding diaryl/α,β-unsaturated/α-hetero) is 2. The molecule has 0 aromatic heterocycles. The molecule has 2 heteroatoms. The lowest BCUT2D eigenvalue weighted by atomic mass is 9.88. The van der Waals surface area contributed by atoms with Crippen LogP contribution in [0.25, 0.3) is 0 Å². The second-order valence-electron chi connectivity index (χ2n) is 7.79. The molecule has 0 bridgehead atoms. The van der Waals surface area contributed by atoms with Gasteiger partial charge in [0.1, 0.15) is 11.6 Å².